The summed E-state index contributed by atoms with van der Waals surface area (Å²) >= 11 is 3.99. The molecule has 0 aromatic carbocycles. The number of thiol groups is 1. The molecule has 0 saturated carbocycles. The van der Waals surface area contributed by atoms with Crippen LogP contribution in [-0.2, 0) is 33.4 Å². The van der Waals surface area contributed by atoms with Crippen molar-refractivity contribution in [1.29, 1.82) is 0 Å². The quantitative estimate of drug-likeness (QED) is 0.0220. The average Bonchev–Trinajstić information content (AvgIpc) is 3.79. The van der Waals surface area contributed by atoms with Crippen molar-refractivity contribution in [3.63, 3.8) is 0 Å². The van der Waals surface area contributed by atoms with Gasteiger partial charge in [-0.1, -0.05) is 0 Å². The van der Waals surface area contributed by atoms with Gasteiger partial charge in [0.1, 0.15) is 42.0 Å². The van der Waals surface area contributed by atoms with Crippen molar-refractivity contribution >= 4 is 36.4 Å². The third kappa shape index (κ3) is 14.1. The molecule has 1 saturated heterocycles. The molecule has 45 heavy (non-hydrogen) atoms. The van der Waals surface area contributed by atoms with Crippen LogP contribution in [0, 0.1) is 0 Å². The molecule has 1 fully saturated rings. The maximum absolute atomic E-state index is 11.6. The number of ether oxygens (including phenoxy) is 3. The molecular weight excluding hydrogens is 634 g/mol. The van der Waals surface area contributed by atoms with E-state index in [0.29, 0.717) is 0 Å². The maximum Gasteiger partial charge on any atom is 0.306 e. The summed E-state index contributed by atoms with van der Waals surface area (Å²) < 4.78 is 15.1. The van der Waals surface area contributed by atoms with Gasteiger partial charge in [-0.2, -0.15) is 12.6 Å². The number of aliphatic carboxylic acids is 2. The van der Waals surface area contributed by atoms with Gasteiger partial charge in [-0.3, -0.25) is 19.2 Å². The molecule has 1 aliphatic rings. The summed E-state index contributed by atoms with van der Waals surface area (Å²) in [7, 11) is 0. The number of carbonyl (C=O) groups excluding carboxylic acids is 2. The van der Waals surface area contributed by atoms with E-state index in [1.807, 2.05) is 0 Å². The Morgan fingerprint density at radius 2 is 1.42 bits per heavy atom. The van der Waals surface area contributed by atoms with Crippen LogP contribution in [0.15, 0.2) is 11.5 Å². The van der Waals surface area contributed by atoms with Gasteiger partial charge in [0.2, 0.25) is 11.8 Å². The summed E-state index contributed by atoms with van der Waals surface area (Å²) in [4.78, 5) is 45.4. The second kappa shape index (κ2) is 19.1. The van der Waals surface area contributed by atoms with Crippen molar-refractivity contribution in [2.24, 2.45) is 0 Å². The first-order valence-electron chi connectivity index (χ1n) is 13.3. The first-order chi connectivity index (χ1) is 20.9. The minimum absolute atomic E-state index is 0.0280. The second-order valence-corrected chi connectivity index (χ2v) is 10.4. The molecule has 0 radical (unpaired) electrons. The highest BCUT2D eigenvalue weighted by atomic mass is 32.1. The highest BCUT2D eigenvalue weighted by Crippen LogP contribution is 2.22. The molecule has 1 heterocycles. The Morgan fingerprint density at radius 1 is 0.844 bits per heavy atom. The van der Waals surface area contributed by atoms with Gasteiger partial charge in [0.25, 0.3) is 0 Å². The lowest BCUT2D eigenvalue weighted by Gasteiger charge is -2.35. The normalized spacial score (nSPS) is 21.9. The summed E-state index contributed by atoms with van der Waals surface area (Å²) in [6.45, 7) is 2.03. The summed E-state index contributed by atoms with van der Waals surface area (Å²) in [5, 5.41) is 109. The predicted octanol–water partition coefficient (Wildman–Crippen LogP) is -5.57. The molecule has 21 heteroatoms. The summed E-state index contributed by atoms with van der Waals surface area (Å²) in [6.07, 6.45) is -23.2. The zero-order chi connectivity index (χ0) is 34.6. The van der Waals surface area contributed by atoms with Gasteiger partial charge in [-0.05, 0) is 0 Å². The highest BCUT2D eigenvalue weighted by molar-refractivity contribution is 7.80. The summed E-state index contributed by atoms with van der Waals surface area (Å²) in [5.41, 5.74) is -0.612. The Labute approximate surface area is 261 Å². The van der Waals surface area contributed by atoms with Crippen molar-refractivity contribution in [2.75, 3.05) is 18.9 Å². The number of aliphatic hydroxyl groups excluding tert-OH is 8. The Morgan fingerprint density at radius 3 is 1.89 bits per heavy atom. The molecule has 11 atom stereocenters. The van der Waals surface area contributed by atoms with E-state index < -0.39 is 122 Å². The zero-order valence-corrected chi connectivity index (χ0v) is 25.1. The zero-order valence-electron chi connectivity index (χ0n) is 24.2. The Bertz CT molecular complexity index is 1030. The van der Waals surface area contributed by atoms with Gasteiger partial charge < -0.3 is 81.2 Å². The highest BCUT2D eigenvalue weighted by Gasteiger charge is 2.42. The minimum Gasteiger partial charge on any atom is -0.509 e. The molecule has 13 N–H and O–H groups in total. The van der Waals surface area contributed by atoms with Crippen molar-refractivity contribution in [3.05, 3.63) is 11.5 Å². The SMILES string of the molecule is CC(=O)N/C(=C(\O)C1CN1)C(O)OC(CC(=O)O)C(O)C(O)C(O)OC(C(O)CC(=O)O)C(O)C(O)OCC(CS)NC(C)=O. The molecular formula is C24H41N3O17S. The lowest BCUT2D eigenvalue weighted by Crippen LogP contribution is -2.54. The average molecular weight is 676 g/mol. The fourth-order valence-corrected chi connectivity index (χ4v) is 3.96. The van der Waals surface area contributed by atoms with E-state index in [1.165, 1.54) is 6.92 Å². The molecule has 1 aliphatic heterocycles. The number of nitrogens with one attached hydrogen (secondary N) is 3. The van der Waals surface area contributed by atoms with E-state index >= 15 is 0 Å². The van der Waals surface area contributed by atoms with Gasteiger partial charge in [0, 0.05) is 26.1 Å². The van der Waals surface area contributed by atoms with Crippen LogP contribution >= 0.6 is 12.6 Å². The number of carboxylic acid groups (broad SMARTS) is 2. The fourth-order valence-electron chi connectivity index (χ4n) is 3.76. The number of rotatable bonds is 22. The number of amides is 2. The van der Waals surface area contributed by atoms with Crippen LogP contribution in [0.25, 0.3) is 0 Å². The molecule has 260 valence electrons. The van der Waals surface area contributed by atoms with E-state index in [-0.39, 0.29) is 12.3 Å². The fraction of sp³-hybridized carbons (Fsp3) is 0.750. The van der Waals surface area contributed by atoms with Crippen molar-refractivity contribution in [2.45, 2.75) is 94.3 Å². The largest absolute Gasteiger partial charge is 0.509 e. The third-order valence-electron chi connectivity index (χ3n) is 6.06. The Hall–Kier alpha value is -2.67. The summed E-state index contributed by atoms with van der Waals surface area (Å²) in [5.74, 6) is -5.06. The predicted molar refractivity (Wildman–Crippen MR) is 149 cm³/mol. The number of aliphatic hydroxyl groups is 8. The van der Waals surface area contributed by atoms with Crippen LogP contribution in [-0.4, -0.2) is 161 Å². The summed E-state index contributed by atoms with van der Waals surface area (Å²) in [6, 6.07) is -1.44. The van der Waals surface area contributed by atoms with Gasteiger partial charge in [-0.15, -0.1) is 0 Å². The van der Waals surface area contributed by atoms with Crippen LogP contribution in [0.2, 0.25) is 0 Å². The van der Waals surface area contributed by atoms with Gasteiger partial charge in [-0.25, -0.2) is 0 Å². The van der Waals surface area contributed by atoms with Crippen molar-refractivity contribution < 1.29 is 84.5 Å². The number of hydrogen-bond donors (Lipinski definition) is 14. The van der Waals surface area contributed by atoms with E-state index in [2.05, 4.69) is 28.6 Å². The van der Waals surface area contributed by atoms with Crippen molar-refractivity contribution in [3.8, 4) is 0 Å². The van der Waals surface area contributed by atoms with E-state index in [1.54, 1.807) is 0 Å². The topological polar surface area (TPSA) is 344 Å². The van der Waals surface area contributed by atoms with Crippen LogP contribution in [0.1, 0.15) is 26.7 Å². The molecule has 0 aliphatic carbocycles. The van der Waals surface area contributed by atoms with Crippen LogP contribution in [0.3, 0.4) is 0 Å². The standard InChI is InChI=1S/C24H41N3O17S/c1-8(28)26-10(7-45)6-42-23(40)20(38)21(12(30)3-14(31)32)44-24(41)19(37)18(36)13(4-15(33)34)43-22(39)16(27-9(2)29)17(35)11-5-25-11/h10-13,18-25,30,35-41,45H,3-7H2,1-2H3,(H,26,28)(H,27,29)(H,31,32)(H,33,34)/b17-16-. The van der Waals surface area contributed by atoms with Crippen LogP contribution < -0.4 is 16.0 Å². The van der Waals surface area contributed by atoms with Crippen LogP contribution in [0.5, 0.6) is 0 Å². The van der Waals surface area contributed by atoms with Crippen molar-refractivity contribution in [1.82, 2.24) is 16.0 Å². The number of carboxylic acids is 2. The molecule has 20 nitrogen and oxygen atoms in total. The molecule has 0 spiro atoms. The monoisotopic (exact) mass is 675 g/mol. The molecule has 2 amide bonds. The molecule has 1 rings (SSSR count). The number of carbonyl (C=O) groups is 4. The molecule has 0 aromatic heterocycles. The maximum atomic E-state index is 11.6. The van der Waals surface area contributed by atoms with Gasteiger partial charge >= 0.3 is 11.9 Å². The lowest BCUT2D eigenvalue weighted by atomic mass is 10.0. The molecule has 11 unspecified atom stereocenters. The first kappa shape index (κ1) is 40.4. The van der Waals surface area contributed by atoms with E-state index in [4.69, 9.17) is 19.3 Å². The first-order valence-corrected chi connectivity index (χ1v) is 14.0. The van der Waals surface area contributed by atoms with Gasteiger partial charge in [0.05, 0.1) is 37.6 Å². The van der Waals surface area contributed by atoms with E-state index in [0.717, 1.165) is 6.92 Å². The van der Waals surface area contributed by atoms with Crippen LogP contribution in [0.4, 0.5) is 0 Å². The van der Waals surface area contributed by atoms with Gasteiger partial charge in [0.15, 0.2) is 18.9 Å². The lowest BCUT2D eigenvalue weighted by molar-refractivity contribution is -0.279. The van der Waals surface area contributed by atoms with E-state index in [9.17, 15) is 65.1 Å². The molecule has 0 aromatic rings. The Kier molecular flexibility index (Phi) is 17.1. The molecule has 0 bridgehead atoms. The minimum atomic E-state index is -2.65. The smallest absolute Gasteiger partial charge is 0.306 e. The Balaban J connectivity index is 3.14. The third-order valence-corrected chi connectivity index (χ3v) is 6.50. The second-order valence-electron chi connectivity index (χ2n) is 10.00. The number of hydrogen-bond acceptors (Lipinski definition) is 17.